The van der Waals surface area contributed by atoms with E-state index in [1.807, 2.05) is 11.3 Å². The van der Waals surface area contributed by atoms with Gasteiger partial charge in [-0.1, -0.05) is 13.8 Å². The molecule has 2 N–H and O–H groups in total. The van der Waals surface area contributed by atoms with Gasteiger partial charge in [-0.25, -0.2) is 0 Å². The lowest BCUT2D eigenvalue weighted by Crippen LogP contribution is -2.60. The van der Waals surface area contributed by atoms with Crippen molar-refractivity contribution in [3.63, 3.8) is 0 Å². The Bertz CT molecular complexity index is 455. The van der Waals surface area contributed by atoms with Crippen molar-refractivity contribution in [2.24, 2.45) is 11.1 Å². The number of hydrogen-bond donors (Lipinski definition) is 1. The maximum atomic E-state index is 6.23. The largest absolute Gasteiger partial charge is 0.329 e. The topological polar surface area (TPSA) is 29.3 Å². The molecule has 0 aliphatic carbocycles. The van der Waals surface area contributed by atoms with E-state index in [1.54, 1.807) is 4.88 Å². The van der Waals surface area contributed by atoms with Gasteiger partial charge in [-0.05, 0) is 41.0 Å². The van der Waals surface area contributed by atoms with Crippen molar-refractivity contribution in [1.82, 2.24) is 4.90 Å². The molecule has 1 fully saturated rings. The maximum absolute atomic E-state index is 6.23. The number of nitrogens with two attached hydrogens (primary N) is 1. The summed E-state index contributed by atoms with van der Waals surface area (Å²) in [5, 5.41) is 2.24. The van der Waals surface area contributed by atoms with Crippen molar-refractivity contribution in [2.45, 2.75) is 38.8 Å². The first-order valence-corrected chi connectivity index (χ1v) is 9.16. The first-order valence-electron chi connectivity index (χ1n) is 7.13. The van der Waals surface area contributed by atoms with Crippen LogP contribution in [0.5, 0.6) is 0 Å². The summed E-state index contributed by atoms with van der Waals surface area (Å²) in [5.41, 5.74) is 8.40. The van der Waals surface area contributed by atoms with Crippen LogP contribution in [0.4, 0.5) is 0 Å². The Kier molecular flexibility index (Phi) is 3.71. The van der Waals surface area contributed by atoms with Gasteiger partial charge in [0.25, 0.3) is 0 Å². The lowest BCUT2D eigenvalue weighted by Gasteiger charge is -2.51. The summed E-state index contributed by atoms with van der Waals surface area (Å²) in [6.45, 7) is 7.87. The zero-order valence-corrected chi connectivity index (χ0v) is 13.6. The highest BCUT2D eigenvalue weighted by Crippen LogP contribution is 2.43. The summed E-state index contributed by atoms with van der Waals surface area (Å²) in [6.07, 6.45) is 2.45. The Balaban J connectivity index is 1.83. The van der Waals surface area contributed by atoms with E-state index in [0.717, 1.165) is 13.1 Å². The van der Waals surface area contributed by atoms with Crippen LogP contribution in [0.3, 0.4) is 0 Å². The summed E-state index contributed by atoms with van der Waals surface area (Å²) in [7, 11) is 0. The van der Waals surface area contributed by atoms with Crippen molar-refractivity contribution < 1.29 is 0 Å². The number of thiophene rings is 1. The molecular weight excluding hydrogens is 272 g/mol. The zero-order valence-electron chi connectivity index (χ0n) is 11.9. The average molecular weight is 297 g/mol. The standard InChI is InChI=1S/C15H24N2S2/c1-14(2)8-15(9-16,11-18-10-14)17-5-3-13-12(7-17)4-6-19-13/h4,6H,3,5,7-11,16H2,1-2H3. The fourth-order valence-corrected chi connectivity index (χ4v) is 6.06. The van der Waals surface area contributed by atoms with E-state index in [1.165, 1.54) is 36.5 Å². The molecule has 0 saturated carbocycles. The van der Waals surface area contributed by atoms with Gasteiger partial charge in [0, 0.05) is 35.8 Å². The summed E-state index contributed by atoms with van der Waals surface area (Å²) in [6, 6.07) is 2.30. The lowest BCUT2D eigenvalue weighted by atomic mass is 9.78. The van der Waals surface area contributed by atoms with Gasteiger partial charge in [0.1, 0.15) is 0 Å². The van der Waals surface area contributed by atoms with Crippen molar-refractivity contribution >= 4 is 23.1 Å². The molecule has 1 aromatic heterocycles. The average Bonchev–Trinajstić information content (AvgIpc) is 2.84. The SMILES string of the molecule is CC1(C)CSCC(CN)(N2CCc3sccc3C2)C1. The molecule has 0 radical (unpaired) electrons. The molecule has 1 unspecified atom stereocenters. The van der Waals surface area contributed by atoms with Crippen LogP contribution in [0.1, 0.15) is 30.7 Å². The highest BCUT2D eigenvalue weighted by atomic mass is 32.2. The Morgan fingerprint density at radius 1 is 1.37 bits per heavy atom. The number of hydrogen-bond acceptors (Lipinski definition) is 4. The first kappa shape index (κ1) is 13.9. The molecule has 106 valence electrons. The zero-order chi connectivity index (χ0) is 13.5. The number of nitrogens with zero attached hydrogens (tertiary/aromatic N) is 1. The van der Waals surface area contributed by atoms with E-state index in [9.17, 15) is 0 Å². The highest BCUT2D eigenvalue weighted by Gasteiger charge is 2.44. The van der Waals surface area contributed by atoms with Gasteiger partial charge in [0.05, 0.1) is 0 Å². The molecule has 0 amide bonds. The second kappa shape index (κ2) is 5.06. The minimum Gasteiger partial charge on any atom is -0.329 e. The van der Waals surface area contributed by atoms with Crippen molar-refractivity contribution in [1.29, 1.82) is 0 Å². The van der Waals surface area contributed by atoms with Gasteiger partial charge in [0.15, 0.2) is 0 Å². The second-order valence-corrected chi connectivity index (χ2v) is 8.79. The predicted molar refractivity (Wildman–Crippen MR) is 85.9 cm³/mol. The molecule has 3 heterocycles. The van der Waals surface area contributed by atoms with Crippen LogP contribution < -0.4 is 5.73 Å². The van der Waals surface area contributed by atoms with Gasteiger partial charge in [-0.15, -0.1) is 11.3 Å². The molecule has 4 heteroatoms. The summed E-state index contributed by atoms with van der Waals surface area (Å²) < 4.78 is 0. The monoisotopic (exact) mass is 296 g/mol. The molecule has 0 aromatic carbocycles. The molecule has 1 saturated heterocycles. The van der Waals surface area contributed by atoms with Crippen LogP contribution in [0, 0.1) is 5.41 Å². The minimum absolute atomic E-state index is 0.214. The summed E-state index contributed by atoms with van der Waals surface area (Å²) in [5.74, 6) is 2.47. The Hall–Kier alpha value is -0.0300. The van der Waals surface area contributed by atoms with Crippen molar-refractivity contribution in [2.75, 3.05) is 24.6 Å². The van der Waals surface area contributed by atoms with Crippen LogP contribution in [-0.2, 0) is 13.0 Å². The smallest absolute Gasteiger partial charge is 0.0430 e. The molecule has 2 nitrogen and oxygen atoms in total. The van der Waals surface area contributed by atoms with E-state index in [0.29, 0.717) is 5.41 Å². The third-order valence-corrected chi connectivity index (χ3v) is 7.28. The Morgan fingerprint density at radius 2 is 2.21 bits per heavy atom. The molecule has 3 rings (SSSR count). The molecule has 0 bridgehead atoms. The third kappa shape index (κ3) is 2.60. The molecule has 2 aliphatic rings. The molecular formula is C15H24N2S2. The van der Waals surface area contributed by atoms with E-state index >= 15 is 0 Å². The van der Waals surface area contributed by atoms with Gasteiger partial charge in [-0.2, -0.15) is 11.8 Å². The van der Waals surface area contributed by atoms with E-state index in [-0.39, 0.29) is 5.54 Å². The third-order valence-electron chi connectivity index (χ3n) is 4.53. The van der Waals surface area contributed by atoms with Crippen molar-refractivity contribution in [3.8, 4) is 0 Å². The molecule has 2 aliphatic heterocycles. The first-order chi connectivity index (χ1) is 9.05. The number of fused-ring (bicyclic) bond motifs is 1. The predicted octanol–water partition coefficient (Wildman–Crippen LogP) is 2.97. The molecule has 19 heavy (non-hydrogen) atoms. The fraction of sp³-hybridized carbons (Fsp3) is 0.733. The van der Waals surface area contributed by atoms with Gasteiger partial charge in [-0.3, -0.25) is 4.90 Å². The Labute approximate surface area is 124 Å². The van der Waals surface area contributed by atoms with Gasteiger partial charge in [0.2, 0.25) is 0 Å². The number of thioether (sulfide) groups is 1. The van der Waals surface area contributed by atoms with Crippen LogP contribution in [0.15, 0.2) is 11.4 Å². The lowest BCUT2D eigenvalue weighted by molar-refractivity contribution is 0.0571. The second-order valence-electron chi connectivity index (χ2n) is 6.80. The van der Waals surface area contributed by atoms with Gasteiger partial charge >= 0.3 is 0 Å². The summed E-state index contributed by atoms with van der Waals surface area (Å²) >= 11 is 4.01. The molecule has 0 spiro atoms. The van der Waals surface area contributed by atoms with Crippen LogP contribution in [0.2, 0.25) is 0 Å². The normalized spacial score (nSPS) is 31.1. The van der Waals surface area contributed by atoms with E-state index < -0.39 is 0 Å². The van der Waals surface area contributed by atoms with Crippen LogP contribution in [0.25, 0.3) is 0 Å². The van der Waals surface area contributed by atoms with E-state index in [2.05, 4.69) is 42.0 Å². The summed E-state index contributed by atoms with van der Waals surface area (Å²) in [4.78, 5) is 4.27. The molecule has 1 atom stereocenters. The van der Waals surface area contributed by atoms with Crippen LogP contribution >= 0.6 is 23.1 Å². The van der Waals surface area contributed by atoms with Crippen molar-refractivity contribution in [3.05, 3.63) is 21.9 Å². The quantitative estimate of drug-likeness (QED) is 0.910. The van der Waals surface area contributed by atoms with Crippen LogP contribution in [-0.4, -0.2) is 35.0 Å². The molecule has 1 aromatic rings. The number of rotatable bonds is 2. The maximum Gasteiger partial charge on any atom is 0.0430 e. The minimum atomic E-state index is 0.214. The fourth-order valence-electron chi connectivity index (χ4n) is 3.63. The van der Waals surface area contributed by atoms with Gasteiger partial charge < -0.3 is 5.73 Å². The van der Waals surface area contributed by atoms with E-state index in [4.69, 9.17) is 5.73 Å². The highest BCUT2D eigenvalue weighted by molar-refractivity contribution is 7.99. The Morgan fingerprint density at radius 3 is 2.95 bits per heavy atom.